The van der Waals surface area contributed by atoms with E-state index in [1.807, 2.05) is 52.0 Å². The lowest BCUT2D eigenvalue weighted by Crippen LogP contribution is -2.35. The van der Waals surface area contributed by atoms with Gasteiger partial charge in [0.2, 0.25) is 0 Å². The number of aliphatic hydroxyl groups excluding tert-OH is 1. The maximum atomic E-state index is 12.3. The van der Waals surface area contributed by atoms with E-state index >= 15 is 0 Å². The van der Waals surface area contributed by atoms with Crippen LogP contribution in [0, 0.1) is 0 Å². The van der Waals surface area contributed by atoms with Crippen molar-refractivity contribution in [1.82, 2.24) is 4.72 Å². The number of rotatable bonds is 7. The van der Waals surface area contributed by atoms with Crippen LogP contribution < -0.4 is 9.46 Å². The molecular weight excluding hydrogens is 274 g/mol. The first-order chi connectivity index (χ1) is 9.40. The quantitative estimate of drug-likeness (QED) is 0.813. The van der Waals surface area contributed by atoms with Crippen LogP contribution in [0.15, 0.2) is 24.3 Å². The zero-order valence-corrected chi connectivity index (χ0v) is 13.5. The van der Waals surface area contributed by atoms with Crippen molar-refractivity contribution in [1.29, 1.82) is 0 Å². The number of ether oxygens (including phenoxy) is 1. The number of benzene rings is 1. The van der Waals surface area contributed by atoms with Crippen molar-refractivity contribution in [2.24, 2.45) is 0 Å². The Morgan fingerprint density at radius 3 is 2.55 bits per heavy atom. The first-order valence-corrected chi connectivity index (χ1v) is 8.05. The van der Waals surface area contributed by atoms with E-state index in [1.165, 1.54) is 0 Å². The van der Waals surface area contributed by atoms with Gasteiger partial charge in [-0.15, -0.1) is 0 Å². The minimum Gasteiger partial charge on any atom is -0.491 e. The summed E-state index contributed by atoms with van der Waals surface area (Å²) >= 11 is 0. The van der Waals surface area contributed by atoms with Crippen molar-refractivity contribution in [3.63, 3.8) is 0 Å². The van der Waals surface area contributed by atoms with Crippen LogP contribution in [0.4, 0.5) is 0 Å². The molecule has 2 N–H and O–H groups in total. The largest absolute Gasteiger partial charge is 0.491 e. The molecule has 1 rings (SSSR count). The highest BCUT2D eigenvalue weighted by Crippen LogP contribution is 2.28. The van der Waals surface area contributed by atoms with Gasteiger partial charge in [0.15, 0.2) is 0 Å². The maximum absolute atomic E-state index is 12.3. The van der Waals surface area contributed by atoms with Crippen LogP contribution in [0.5, 0.6) is 5.75 Å². The third kappa shape index (κ3) is 4.89. The Labute approximate surface area is 124 Å². The zero-order chi connectivity index (χ0) is 15.2. The summed E-state index contributed by atoms with van der Waals surface area (Å²) in [5.41, 5.74) is 0.973. The molecule has 1 aromatic rings. The van der Waals surface area contributed by atoms with Crippen LogP contribution in [0.1, 0.15) is 45.7 Å². The van der Waals surface area contributed by atoms with Crippen LogP contribution >= 0.6 is 0 Å². The average molecular weight is 299 g/mol. The summed E-state index contributed by atoms with van der Waals surface area (Å²) in [7, 11) is -1.14. The predicted octanol–water partition coefficient (Wildman–Crippen LogP) is 2.56. The van der Waals surface area contributed by atoms with Gasteiger partial charge >= 0.3 is 0 Å². The van der Waals surface area contributed by atoms with Gasteiger partial charge in [0.05, 0.1) is 22.3 Å². The molecule has 114 valence electrons. The van der Waals surface area contributed by atoms with E-state index in [-0.39, 0.29) is 24.0 Å². The lowest BCUT2D eigenvalue weighted by Gasteiger charge is -2.25. The fourth-order valence-corrected chi connectivity index (χ4v) is 2.63. The summed E-state index contributed by atoms with van der Waals surface area (Å²) in [6, 6.07) is 7.63. The lowest BCUT2D eigenvalue weighted by molar-refractivity contribution is 0.199. The molecule has 0 spiro atoms. The van der Waals surface area contributed by atoms with Gasteiger partial charge in [0.25, 0.3) is 0 Å². The monoisotopic (exact) mass is 299 g/mol. The zero-order valence-electron chi connectivity index (χ0n) is 12.7. The van der Waals surface area contributed by atoms with Crippen LogP contribution in [0.3, 0.4) is 0 Å². The van der Waals surface area contributed by atoms with Crippen molar-refractivity contribution in [3.05, 3.63) is 29.8 Å². The Kier molecular flexibility index (Phi) is 6.65. The molecule has 0 amide bonds. The Morgan fingerprint density at radius 1 is 1.35 bits per heavy atom. The summed E-state index contributed by atoms with van der Waals surface area (Å²) in [6.45, 7) is 8.10. The predicted molar refractivity (Wildman–Crippen MR) is 83.1 cm³/mol. The normalized spacial score (nSPS) is 14.8. The molecule has 0 saturated carbocycles. The molecule has 0 aliphatic carbocycles. The number of aliphatic hydroxyl groups is 1. The molecule has 0 saturated heterocycles. The van der Waals surface area contributed by atoms with Crippen molar-refractivity contribution < 1.29 is 14.1 Å². The van der Waals surface area contributed by atoms with Gasteiger partial charge in [-0.1, -0.05) is 25.1 Å². The molecular formula is C15H25NO3S. The van der Waals surface area contributed by atoms with E-state index in [9.17, 15) is 4.21 Å². The fourth-order valence-electron chi connectivity index (χ4n) is 1.73. The molecule has 0 aliphatic rings. The molecule has 4 nitrogen and oxygen atoms in total. The number of hydrogen-bond donors (Lipinski definition) is 2. The smallest absolute Gasteiger partial charge is 0.124 e. The van der Waals surface area contributed by atoms with Crippen molar-refractivity contribution in [2.75, 3.05) is 13.2 Å². The number of para-hydroxylation sites is 1. The second kappa shape index (κ2) is 7.76. The molecule has 20 heavy (non-hydrogen) atoms. The lowest BCUT2D eigenvalue weighted by atomic mass is 10.0. The third-order valence-electron chi connectivity index (χ3n) is 2.86. The van der Waals surface area contributed by atoms with E-state index in [1.54, 1.807) is 0 Å². The average Bonchev–Trinajstić information content (AvgIpc) is 2.41. The van der Waals surface area contributed by atoms with Gasteiger partial charge in [-0.25, -0.2) is 8.93 Å². The first-order valence-electron chi connectivity index (χ1n) is 6.90. The highest BCUT2D eigenvalue weighted by atomic mass is 32.2. The minimum atomic E-state index is -1.14. The summed E-state index contributed by atoms with van der Waals surface area (Å²) in [6.07, 6.45) is 0.807. The molecule has 0 aliphatic heterocycles. The first kappa shape index (κ1) is 17.1. The van der Waals surface area contributed by atoms with E-state index in [4.69, 9.17) is 9.84 Å². The van der Waals surface area contributed by atoms with Crippen molar-refractivity contribution in [2.45, 2.75) is 44.9 Å². The minimum absolute atomic E-state index is 0.0214. The molecule has 0 bridgehead atoms. The van der Waals surface area contributed by atoms with Crippen LogP contribution in [-0.4, -0.2) is 27.3 Å². The summed E-state index contributed by atoms with van der Waals surface area (Å²) in [5.74, 6) is 0.729. The van der Waals surface area contributed by atoms with Gasteiger partial charge in [0.1, 0.15) is 12.4 Å². The van der Waals surface area contributed by atoms with E-state index < -0.39 is 11.0 Å². The van der Waals surface area contributed by atoms with Crippen molar-refractivity contribution >= 4 is 11.0 Å². The molecule has 0 heterocycles. The molecule has 2 atom stereocenters. The Bertz CT molecular complexity index is 443. The van der Waals surface area contributed by atoms with E-state index in [0.29, 0.717) is 0 Å². The highest BCUT2D eigenvalue weighted by Gasteiger charge is 2.24. The van der Waals surface area contributed by atoms with Gasteiger partial charge in [-0.05, 0) is 33.3 Å². The molecule has 0 radical (unpaired) electrons. The SMILES string of the molecule is CC[C@H](N[S@@](=O)C(C)(C)C)c1ccccc1OCCO. The number of hydrogen-bond acceptors (Lipinski definition) is 3. The Balaban J connectivity index is 2.92. The van der Waals surface area contributed by atoms with Gasteiger partial charge < -0.3 is 9.84 Å². The number of nitrogens with one attached hydrogen (secondary N) is 1. The summed E-state index contributed by atoms with van der Waals surface area (Å²) < 4.78 is 20.7. The van der Waals surface area contributed by atoms with Gasteiger partial charge in [-0.2, -0.15) is 0 Å². The third-order valence-corrected chi connectivity index (χ3v) is 4.47. The van der Waals surface area contributed by atoms with Gasteiger partial charge in [-0.3, -0.25) is 0 Å². The van der Waals surface area contributed by atoms with Crippen molar-refractivity contribution in [3.8, 4) is 5.75 Å². The van der Waals surface area contributed by atoms with E-state index in [0.717, 1.165) is 17.7 Å². The molecule has 1 aromatic carbocycles. The fraction of sp³-hybridized carbons (Fsp3) is 0.600. The summed E-state index contributed by atoms with van der Waals surface area (Å²) in [5, 5.41) is 8.88. The standard InChI is InChI=1S/C15H25NO3S/c1-5-13(16-20(18)15(2,3)4)12-8-6-7-9-14(12)19-11-10-17/h6-9,13,16-17H,5,10-11H2,1-4H3/t13-,20-/m0/s1. The second-order valence-corrected chi connectivity index (χ2v) is 7.57. The maximum Gasteiger partial charge on any atom is 0.124 e. The highest BCUT2D eigenvalue weighted by molar-refractivity contribution is 7.84. The van der Waals surface area contributed by atoms with Crippen LogP contribution in [0.25, 0.3) is 0 Å². The molecule has 5 heteroatoms. The molecule has 0 unspecified atom stereocenters. The Hall–Kier alpha value is -0.910. The Morgan fingerprint density at radius 2 is 2.00 bits per heavy atom. The van der Waals surface area contributed by atoms with E-state index in [2.05, 4.69) is 4.72 Å². The van der Waals surface area contributed by atoms with Gasteiger partial charge in [0, 0.05) is 11.6 Å². The topological polar surface area (TPSA) is 58.6 Å². The van der Waals surface area contributed by atoms with Crippen LogP contribution in [-0.2, 0) is 11.0 Å². The van der Waals surface area contributed by atoms with Crippen LogP contribution in [0.2, 0.25) is 0 Å². The second-order valence-electron chi connectivity index (χ2n) is 5.57. The molecule has 0 fully saturated rings. The molecule has 0 aromatic heterocycles. The summed E-state index contributed by atoms with van der Waals surface area (Å²) in [4.78, 5) is 0.